The molecule has 4 nitrogen and oxygen atoms in total. The van der Waals surface area contributed by atoms with E-state index in [1.807, 2.05) is 25.1 Å². The van der Waals surface area contributed by atoms with Crippen LogP contribution in [0.1, 0.15) is 16.1 Å². The van der Waals surface area contributed by atoms with Crippen molar-refractivity contribution >= 4 is 34.4 Å². The molecule has 0 radical (unpaired) electrons. The van der Waals surface area contributed by atoms with Crippen molar-refractivity contribution in [3.05, 3.63) is 51.4 Å². The van der Waals surface area contributed by atoms with Gasteiger partial charge in [-0.2, -0.15) is 0 Å². The predicted octanol–water partition coefficient (Wildman–Crippen LogP) is 2.64. The number of hydrogen-bond acceptors (Lipinski definition) is 3. The van der Waals surface area contributed by atoms with E-state index in [2.05, 4.69) is 37.9 Å². The van der Waals surface area contributed by atoms with Gasteiger partial charge in [0.05, 0.1) is 0 Å². The van der Waals surface area contributed by atoms with Crippen LogP contribution < -0.4 is 5.32 Å². The van der Waals surface area contributed by atoms with Gasteiger partial charge in [0.1, 0.15) is 0 Å². The Morgan fingerprint density at radius 1 is 1.35 bits per heavy atom. The second kappa shape index (κ2) is 5.22. The molecule has 1 aromatic heterocycles. The molecule has 0 fully saturated rings. The number of carbonyl (C=O) groups is 1. The molecule has 2 aromatic rings. The molecule has 0 aliphatic heterocycles. The summed E-state index contributed by atoms with van der Waals surface area (Å²) in [5.74, 6) is 0.128. The third-order valence-electron chi connectivity index (χ3n) is 2.11. The third-order valence-corrected chi connectivity index (χ3v) is 2.78. The number of anilines is 1. The molecule has 1 amide bonds. The number of benzene rings is 1. The predicted molar refractivity (Wildman–Crippen MR) is 73.9 cm³/mol. The van der Waals surface area contributed by atoms with Crippen LogP contribution in [0.2, 0.25) is 0 Å². The Hall–Kier alpha value is -1.50. The Kier molecular flexibility index (Phi) is 3.68. The second-order valence-electron chi connectivity index (χ2n) is 3.49. The summed E-state index contributed by atoms with van der Waals surface area (Å²) in [6.07, 6.45) is 1.62. The van der Waals surface area contributed by atoms with Crippen molar-refractivity contribution in [3.8, 4) is 0 Å². The van der Waals surface area contributed by atoms with Gasteiger partial charge in [0.15, 0.2) is 0 Å². The van der Waals surface area contributed by atoms with Crippen LogP contribution in [-0.2, 0) is 0 Å². The van der Waals surface area contributed by atoms with Crippen LogP contribution in [0.5, 0.6) is 0 Å². The SMILES string of the molecule is Cc1ccnc(NC(=O)c2cccc(I)c2)n1. The average Bonchev–Trinajstić information content (AvgIpc) is 2.29. The van der Waals surface area contributed by atoms with E-state index in [9.17, 15) is 4.79 Å². The van der Waals surface area contributed by atoms with Crippen molar-refractivity contribution in [1.82, 2.24) is 9.97 Å². The Bertz CT molecular complexity index is 557. The van der Waals surface area contributed by atoms with E-state index in [0.29, 0.717) is 11.5 Å². The van der Waals surface area contributed by atoms with E-state index in [1.54, 1.807) is 18.3 Å². The van der Waals surface area contributed by atoms with Crippen molar-refractivity contribution in [2.75, 3.05) is 5.32 Å². The highest BCUT2D eigenvalue weighted by molar-refractivity contribution is 14.1. The maximum absolute atomic E-state index is 11.9. The van der Waals surface area contributed by atoms with E-state index in [4.69, 9.17) is 0 Å². The lowest BCUT2D eigenvalue weighted by molar-refractivity contribution is 0.102. The highest BCUT2D eigenvalue weighted by atomic mass is 127. The lowest BCUT2D eigenvalue weighted by atomic mass is 10.2. The third kappa shape index (κ3) is 3.23. The monoisotopic (exact) mass is 339 g/mol. The normalized spacial score (nSPS) is 10.0. The summed E-state index contributed by atoms with van der Waals surface area (Å²) in [7, 11) is 0. The molecule has 0 saturated carbocycles. The second-order valence-corrected chi connectivity index (χ2v) is 4.73. The number of amides is 1. The van der Waals surface area contributed by atoms with Gasteiger partial charge < -0.3 is 0 Å². The molecule has 1 N–H and O–H groups in total. The van der Waals surface area contributed by atoms with Crippen molar-refractivity contribution < 1.29 is 4.79 Å². The number of nitrogens with zero attached hydrogens (tertiary/aromatic N) is 2. The van der Waals surface area contributed by atoms with E-state index >= 15 is 0 Å². The van der Waals surface area contributed by atoms with Crippen LogP contribution in [0.25, 0.3) is 0 Å². The first-order valence-corrected chi connectivity index (χ1v) is 6.09. The summed E-state index contributed by atoms with van der Waals surface area (Å²) in [6.45, 7) is 1.85. The first-order valence-electron chi connectivity index (χ1n) is 5.02. The maximum atomic E-state index is 11.9. The molecule has 0 bridgehead atoms. The van der Waals surface area contributed by atoms with Crippen LogP contribution in [0.4, 0.5) is 5.95 Å². The largest absolute Gasteiger partial charge is 0.290 e. The van der Waals surface area contributed by atoms with Gasteiger partial charge in [-0.15, -0.1) is 0 Å². The smallest absolute Gasteiger partial charge is 0.258 e. The fourth-order valence-corrected chi connectivity index (χ4v) is 1.86. The highest BCUT2D eigenvalue weighted by Crippen LogP contribution is 2.09. The lowest BCUT2D eigenvalue weighted by Crippen LogP contribution is -2.14. The van der Waals surface area contributed by atoms with Crippen molar-refractivity contribution in [2.45, 2.75) is 6.92 Å². The van der Waals surface area contributed by atoms with E-state index in [1.165, 1.54) is 0 Å². The molecule has 0 unspecified atom stereocenters. The molecule has 1 aromatic carbocycles. The minimum Gasteiger partial charge on any atom is -0.290 e. The van der Waals surface area contributed by atoms with Gasteiger partial charge in [-0.3, -0.25) is 10.1 Å². The van der Waals surface area contributed by atoms with Crippen molar-refractivity contribution in [3.63, 3.8) is 0 Å². The fourth-order valence-electron chi connectivity index (χ4n) is 1.31. The van der Waals surface area contributed by atoms with Gasteiger partial charge in [-0.25, -0.2) is 9.97 Å². The van der Waals surface area contributed by atoms with Crippen LogP contribution in [0.3, 0.4) is 0 Å². The summed E-state index contributed by atoms with van der Waals surface area (Å²) in [5, 5.41) is 2.66. The molecule has 0 atom stereocenters. The molecule has 0 aliphatic rings. The Morgan fingerprint density at radius 2 is 2.18 bits per heavy atom. The first kappa shape index (κ1) is 12.0. The van der Waals surface area contributed by atoms with Gasteiger partial charge in [-0.1, -0.05) is 6.07 Å². The van der Waals surface area contributed by atoms with Crippen LogP contribution in [-0.4, -0.2) is 15.9 Å². The number of aromatic nitrogens is 2. The summed E-state index contributed by atoms with van der Waals surface area (Å²) in [5.41, 5.74) is 1.42. The summed E-state index contributed by atoms with van der Waals surface area (Å²) in [6, 6.07) is 9.12. The van der Waals surface area contributed by atoms with E-state index in [0.717, 1.165) is 9.26 Å². The van der Waals surface area contributed by atoms with Crippen molar-refractivity contribution in [1.29, 1.82) is 0 Å². The van der Waals surface area contributed by atoms with Crippen LogP contribution in [0, 0.1) is 10.5 Å². The van der Waals surface area contributed by atoms with Gasteiger partial charge >= 0.3 is 0 Å². The van der Waals surface area contributed by atoms with Gasteiger partial charge in [0.25, 0.3) is 5.91 Å². The molecule has 86 valence electrons. The summed E-state index contributed by atoms with van der Waals surface area (Å²) < 4.78 is 1.01. The lowest BCUT2D eigenvalue weighted by Gasteiger charge is -2.04. The minimum atomic E-state index is -0.200. The highest BCUT2D eigenvalue weighted by Gasteiger charge is 2.07. The number of rotatable bonds is 2. The molecular formula is C12H10IN3O. The summed E-state index contributed by atoms with van der Waals surface area (Å²) >= 11 is 2.16. The maximum Gasteiger partial charge on any atom is 0.258 e. The molecule has 1 heterocycles. The van der Waals surface area contributed by atoms with Gasteiger partial charge in [0.2, 0.25) is 5.95 Å². The molecule has 17 heavy (non-hydrogen) atoms. The molecule has 2 rings (SSSR count). The van der Waals surface area contributed by atoms with E-state index in [-0.39, 0.29) is 5.91 Å². The standard InChI is InChI=1S/C12H10IN3O/c1-8-5-6-14-12(15-8)16-11(17)9-3-2-4-10(13)7-9/h2-7H,1H3,(H,14,15,16,17). The number of halogens is 1. The van der Waals surface area contributed by atoms with E-state index < -0.39 is 0 Å². The molecule has 0 aliphatic carbocycles. The number of carbonyl (C=O) groups excluding carboxylic acids is 1. The quantitative estimate of drug-likeness (QED) is 0.856. The first-order chi connectivity index (χ1) is 8.15. The Labute approximate surface area is 113 Å². The van der Waals surface area contributed by atoms with Crippen LogP contribution in [0.15, 0.2) is 36.5 Å². The molecule has 0 saturated heterocycles. The average molecular weight is 339 g/mol. The van der Waals surface area contributed by atoms with Gasteiger partial charge in [0, 0.05) is 21.0 Å². The zero-order chi connectivity index (χ0) is 12.3. The zero-order valence-corrected chi connectivity index (χ0v) is 11.3. The number of nitrogens with one attached hydrogen (secondary N) is 1. The van der Waals surface area contributed by atoms with Crippen LogP contribution >= 0.6 is 22.6 Å². The topological polar surface area (TPSA) is 54.9 Å². The molecule has 5 heteroatoms. The number of aryl methyl sites for hydroxylation is 1. The Morgan fingerprint density at radius 3 is 2.88 bits per heavy atom. The summed E-state index contributed by atoms with van der Waals surface area (Å²) in [4.78, 5) is 20.0. The van der Waals surface area contributed by atoms with Gasteiger partial charge in [-0.05, 0) is 53.8 Å². The molecular weight excluding hydrogens is 329 g/mol. The Balaban J connectivity index is 2.17. The zero-order valence-electron chi connectivity index (χ0n) is 9.14. The number of hydrogen-bond donors (Lipinski definition) is 1. The minimum absolute atomic E-state index is 0.200. The molecule has 0 spiro atoms. The fraction of sp³-hybridized carbons (Fsp3) is 0.0833. The van der Waals surface area contributed by atoms with Crippen molar-refractivity contribution in [2.24, 2.45) is 0 Å².